The Morgan fingerprint density at radius 2 is 1.78 bits per heavy atom. The first-order valence-electron chi connectivity index (χ1n) is 6.33. The van der Waals surface area contributed by atoms with Crippen molar-refractivity contribution in [2.45, 2.75) is 39.3 Å². The lowest BCUT2D eigenvalue weighted by Gasteiger charge is -2.41. The molecule has 0 aliphatic heterocycles. The standard InChI is InChI=1S/C15H25FN2/c1-10-8-11(2)13(12(16)9-10)14(17-5)15(3,4)18(6)7/h8-9,14,17H,1-7H3. The van der Waals surface area contributed by atoms with Gasteiger partial charge in [-0.05, 0) is 66.0 Å². The van der Waals surface area contributed by atoms with Crippen LogP contribution >= 0.6 is 0 Å². The van der Waals surface area contributed by atoms with E-state index < -0.39 is 0 Å². The van der Waals surface area contributed by atoms with Gasteiger partial charge in [0.05, 0.1) is 6.04 Å². The Labute approximate surface area is 110 Å². The van der Waals surface area contributed by atoms with E-state index in [9.17, 15) is 4.39 Å². The van der Waals surface area contributed by atoms with Gasteiger partial charge in [-0.25, -0.2) is 4.39 Å². The second kappa shape index (κ2) is 5.37. The molecule has 0 amide bonds. The summed E-state index contributed by atoms with van der Waals surface area (Å²) in [5.41, 5.74) is 2.56. The maximum Gasteiger partial charge on any atom is 0.128 e. The third-order valence-corrected chi connectivity index (χ3v) is 3.92. The predicted molar refractivity (Wildman–Crippen MR) is 75.4 cm³/mol. The van der Waals surface area contributed by atoms with Gasteiger partial charge in [-0.1, -0.05) is 6.07 Å². The fraction of sp³-hybridized carbons (Fsp3) is 0.600. The molecule has 2 nitrogen and oxygen atoms in total. The molecule has 18 heavy (non-hydrogen) atoms. The van der Waals surface area contributed by atoms with Crippen molar-refractivity contribution in [1.82, 2.24) is 10.2 Å². The zero-order chi connectivity index (χ0) is 14.1. The highest BCUT2D eigenvalue weighted by molar-refractivity contribution is 5.36. The van der Waals surface area contributed by atoms with Crippen molar-refractivity contribution in [2.75, 3.05) is 21.1 Å². The molecular weight excluding hydrogens is 227 g/mol. The normalized spacial score (nSPS) is 14.1. The van der Waals surface area contributed by atoms with E-state index in [0.717, 1.165) is 16.7 Å². The minimum absolute atomic E-state index is 0.0481. The molecule has 0 radical (unpaired) electrons. The number of benzene rings is 1. The maximum absolute atomic E-state index is 14.3. The fourth-order valence-electron chi connectivity index (χ4n) is 2.40. The van der Waals surface area contributed by atoms with E-state index in [0.29, 0.717) is 0 Å². The Balaban J connectivity index is 3.34. The monoisotopic (exact) mass is 252 g/mol. The van der Waals surface area contributed by atoms with Crippen molar-refractivity contribution in [3.63, 3.8) is 0 Å². The molecule has 1 atom stereocenters. The first-order chi connectivity index (χ1) is 8.21. The molecule has 1 N–H and O–H groups in total. The average Bonchev–Trinajstić information content (AvgIpc) is 2.22. The van der Waals surface area contributed by atoms with Crippen molar-refractivity contribution >= 4 is 0 Å². The summed E-state index contributed by atoms with van der Waals surface area (Å²) in [5, 5.41) is 3.26. The largest absolute Gasteiger partial charge is 0.311 e. The lowest BCUT2D eigenvalue weighted by atomic mass is 9.84. The van der Waals surface area contributed by atoms with Crippen LogP contribution in [0.25, 0.3) is 0 Å². The summed E-state index contributed by atoms with van der Waals surface area (Å²) >= 11 is 0. The van der Waals surface area contributed by atoms with Crippen molar-refractivity contribution < 1.29 is 4.39 Å². The zero-order valence-corrected chi connectivity index (χ0v) is 12.6. The number of nitrogens with zero attached hydrogens (tertiary/aromatic N) is 1. The van der Waals surface area contributed by atoms with Gasteiger partial charge in [0.25, 0.3) is 0 Å². The first-order valence-corrected chi connectivity index (χ1v) is 6.33. The van der Waals surface area contributed by atoms with Gasteiger partial charge in [0.15, 0.2) is 0 Å². The molecule has 0 saturated heterocycles. The van der Waals surface area contributed by atoms with Crippen LogP contribution in [-0.2, 0) is 0 Å². The van der Waals surface area contributed by atoms with E-state index in [4.69, 9.17) is 0 Å². The molecule has 0 fully saturated rings. The molecule has 0 heterocycles. The highest BCUT2D eigenvalue weighted by Gasteiger charge is 2.34. The van der Waals surface area contributed by atoms with Crippen LogP contribution in [0.2, 0.25) is 0 Å². The molecule has 1 rings (SSSR count). The van der Waals surface area contributed by atoms with Crippen molar-refractivity contribution in [3.05, 3.63) is 34.6 Å². The molecule has 0 aliphatic carbocycles. The van der Waals surface area contributed by atoms with Crippen molar-refractivity contribution in [1.29, 1.82) is 0 Å². The predicted octanol–water partition coefficient (Wildman–Crippen LogP) is 3.04. The van der Waals surface area contributed by atoms with Crippen LogP contribution in [0, 0.1) is 19.7 Å². The number of aryl methyl sites for hydroxylation is 2. The Bertz CT molecular complexity index is 401. The van der Waals surface area contributed by atoms with Gasteiger partial charge in [-0.15, -0.1) is 0 Å². The minimum Gasteiger partial charge on any atom is -0.311 e. The number of likely N-dealkylation sites (N-methyl/N-ethyl adjacent to an activating group) is 2. The summed E-state index contributed by atoms with van der Waals surface area (Å²) in [6.07, 6.45) is 0. The number of hydrogen-bond donors (Lipinski definition) is 1. The molecule has 0 spiro atoms. The molecule has 0 bridgehead atoms. The van der Waals surface area contributed by atoms with Crippen LogP contribution in [0.3, 0.4) is 0 Å². The Hall–Kier alpha value is -0.930. The molecule has 1 aromatic carbocycles. The topological polar surface area (TPSA) is 15.3 Å². The van der Waals surface area contributed by atoms with E-state index in [2.05, 4.69) is 24.1 Å². The Kier molecular flexibility index (Phi) is 4.51. The van der Waals surface area contributed by atoms with E-state index in [1.54, 1.807) is 6.07 Å². The summed E-state index contributed by atoms with van der Waals surface area (Å²) in [5.74, 6) is -0.123. The van der Waals surface area contributed by atoms with Gasteiger partial charge in [0.2, 0.25) is 0 Å². The van der Waals surface area contributed by atoms with E-state index >= 15 is 0 Å². The first kappa shape index (κ1) is 15.1. The van der Waals surface area contributed by atoms with Gasteiger partial charge < -0.3 is 10.2 Å². The maximum atomic E-state index is 14.3. The summed E-state index contributed by atoms with van der Waals surface area (Å²) in [6.45, 7) is 8.13. The second-order valence-electron chi connectivity index (χ2n) is 5.75. The zero-order valence-electron chi connectivity index (χ0n) is 12.6. The van der Waals surface area contributed by atoms with Crippen LogP contribution in [0.5, 0.6) is 0 Å². The van der Waals surface area contributed by atoms with Crippen LogP contribution < -0.4 is 5.32 Å². The van der Waals surface area contributed by atoms with E-state index in [-0.39, 0.29) is 17.4 Å². The molecule has 102 valence electrons. The second-order valence-corrected chi connectivity index (χ2v) is 5.75. The van der Waals surface area contributed by atoms with Crippen LogP contribution in [0.15, 0.2) is 12.1 Å². The number of nitrogens with one attached hydrogen (secondary N) is 1. The number of halogens is 1. The van der Waals surface area contributed by atoms with Gasteiger partial charge in [-0.3, -0.25) is 0 Å². The summed E-state index contributed by atoms with van der Waals surface area (Å²) in [6, 6.07) is 3.60. The smallest absolute Gasteiger partial charge is 0.128 e. The summed E-state index contributed by atoms with van der Waals surface area (Å²) in [4.78, 5) is 2.12. The number of rotatable bonds is 4. The van der Waals surface area contributed by atoms with E-state index in [1.807, 2.05) is 41.1 Å². The molecule has 0 aromatic heterocycles. The average molecular weight is 252 g/mol. The van der Waals surface area contributed by atoms with Gasteiger partial charge in [0, 0.05) is 11.1 Å². The van der Waals surface area contributed by atoms with Gasteiger partial charge in [0.1, 0.15) is 5.82 Å². The molecule has 0 saturated carbocycles. The Morgan fingerprint density at radius 1 is 1.22 bits per heavy atom. The van der Waals surface area contributed by atoms with Gasteiger partial charge >= 0.3 is 0 Å². The molecule has 1 aromatic rings. The van der Waals surface area contributed by atoms with Gasteiger partial charge in [-0.2, -0.15) is 0 Å². The van der Waals surface area contributed by atoms with Crippen LogP contribution in [-0.4, -0.2) is 31.6 Å². The summed E-state index contributed by atoms with van der Waals surface area (Å²) in [7, 11) is 5.92. The highest BCUT2D eigenvalue weighted by atomic mass is 19.1. The quantitative estimate of drug-likeness (QED) is 0.886. The van der Waals surface area contributed by atoms with E-state index in [1.165, 1.54) is 0 Å². The van der Waals surface area contributed by atoms with Crippen LogP contribution in [0.1, 0.15) is 36.6 Å². The lowest BCUT2D eigenvalue weighted by Crippen LogP contribution is -2.49. The molecular formula is C15H25FN2. The van der Waals surface area contributed by atoms with Crippen LogP contribution in [0.4, 0.5) is 4.39 Å². The van der Waals surface area contributed by atoms with Crippen molar-refractivity contribution in [2.24, 2.45) is 0 Å². The fourth-order valence-corrected chi connectivity index (χ4v) is 2.40. The molecule has 3 heteroatoms. The highest BCUT2D eigenvalue weighted by Crippen LogP contribution is 2.33. The number of hydrogen-bond acceptors (Lipinski definition) is 2. The molecule has 1 unspecified atom stereocenters. The summed E-state index contributed by atoms with van der Waals surface area (Å²) < 4.78 is 14.3. The SMILES string of the molecule is CNC(c1c(C)cc(C)cc1F)C(C)(C)N(C)C. The Morgan fingerprint density at radius 3 is 2.17 bits per heavy atom. The van der Waals surface area contributed by atoms with Crippen molar-refractivity contribution in [3.8, 4) is 0 Å². The molecule has 0 aliphatic rings. The minimum atomic E-state index is -0.171. The third-order valence-electron chi connectivity index (χ3n) is 3.92. The third kappa shape index (κ3) is 2.73. The lowest BCUT2D eigenvalue weighted by molar-refractivity contribution is 0.140.